The zero-order valence-electron chi connectivity index (χ0n) is 16.8. The van der Waals surface area contributed by atoms with Gasteiger partial charge in [-0.05, 0) is 43.5 Å². The van der Waals surface area contributed by atoms with Crippen molar-refractivity contribution in [2.24, 2.45) is 0 Å². The van der Waals surface area contributed by atoms with Crippen LogP contribution in [0.4, 0.5) is 4.39 Å². The van der Waals surface area contributed by atoms with Gasteiger partial charge < -0.3 is 10.2 Å². The SMILES string of the molecule is CCCC(=O)N(Cc1ccc(F)cc1)C(Cc1ccccc1)C(=O)NC(C)C. The molecule has 28 heavy (non-hydrogen) atoms. The lowest BCUT2D eigenvalue weighted by atomic mass is 10.0. The molecule has 150 valence electrons. The van der Waals surface area contributed by atoms with E-state index in [-0.39, 0.29) is 30.2 Å². The number of hydrogen-bond acceptors (Lipinski definition) is 2. The number of halogens is 1. The number of carbonyl (C=O) groups excluding carboxylic acids is 2. The van der Waals surface area contributed by atoms with Gasteiger partial charge in [0.15, 0.2) is 0 Å². The van der Waals surface area contributed by atoms with Crippen molar-refractivity contribution in [1.82, 2.24) is 10.2 Å². The van der Waals surface area contributed by atoms with Crippen molar-refractivity contribution in [3.05, 3.63) is 71.5 Å². The molecule has 2 rings (SSSR count). The molecule has 0 aliphatic heterocycles. The van der Waals surface area contributed by atoms with Gasteiger partial charge in [0.05, 0.1) is 0 Å². The Hall–Kier alpha value is -2.69. The molecule has 1 atom stereocenters. The fraction of sp³-hybridized carbons (Fsp3) is 0.391. The van der Waals surface area contributed by atoms with Crippen LogP contribution in [0.25, 0.3) is 0 Å². The number of carbonyl (C=O) groups is 2. The summed E-state index contributed by atoms with van der Waals surface area (Å²) in [5, 5.41) is 2.94. The summed E-state index contributed by atoms with van der Waals surface area (Å²) in [6.45, 7) is 6.00. The van der Waals surface area contributed by atoms with Gasteiger partial charge in [-0.25, -0.2) is 4.39 Å². The van der Waals surface area contributed by atoms with Gasteiger partial charge in [-0.15, -0.1) is 0 Å². The summed E-state index contributed by atoms with van der Waals surface area (Å²) in [6, 6.07) is 15.1. The van der Waals surface area contributed by atoms with Gasteiger partial charge in [0, 0.05) is 25.4 Å². The first kappa shape index (κ1) is 21.6. The average Bonchev–Trinajstić information content (AvgIpc) is 2.66. The number of nitrogens with zero attached hydrogens (tertiary/aromatic N) is 1. The lowest BCUT2D eigenvalue weighted by molar-refractivity contribution is -0.141. The first-order valence-corrected chi connectivity index (χ1v) is 9.79. The second-order valence-electron chi connectivity index (χ2n) is 7.27. The highest BCUT2D eigenvalue weighted by Crippen LogP contribution is 2.17. The van der Waals surface area contributed by atoms with Crippen LogP contribution in [0, 0.1) is 5.82 Å². The van der Waals surface area contributed by atoms with E-state index in [1.165, 1.54) is 12.1 Å². The molecule has 1 unspecified atom stereocenters. The summed E-state index contributed by atoms with van der Waals surface area (Å²) >= 11 is 0. The van der Waals surface area contributed by atoms with E-state index >= 15 is 0 Å². The van der Waals surface area contributed by atoms with Gasteiger partial charge in [0.2, 0.25) is 11.8 Å². The molecule has 1 N–H and O–H groups in total. The molecule has 0 fully saturated rings. The number of amides is 2. The second-order valence-corrected chi connectivity index (χ2v) is 7.27. The molecule has 5 heteroatoms. The Morgan fingerprint density at radius 1 is 1.00 bits per heavy atom. The summed E-state index contributed by atoms with van der Waals surface area (Å²) in [5.41, 5.74) is 1.78. The van der Waals surface area contributed by atoms with Gasteiger partial charge in [-0.1, -0.05) is 49.4 Å². The molecule has 0 radical (unpaired) electrons. The van der Waals surface area contributed by atoms with Crippen LogP contribution in [0.5, 0.6) is 0 Å². The third-order valence-corrected chi connectivity index (χ3v) is 4.43. The molecule has 0 spiro atoms. The largest absolute Gasteiger partial charge is 0.352 e. The Kier molecular flexibility index (Phi) is 8.18. The van der Waals surface area contributed by atoms with Crippen LogP contribution in [0.3, 0.4) is 0 Å². The average molecular weight is 384 g/mol. The van der Waals surface area contributed by atoms with Crippen LogP contribution in [0.15, 0.2) is 54.6 Å². The van der Waals surface area contributed by atoms with Crippen LogP contribution in [0.2, 0.25) is 0 Å². The topological polar surface area (TPSA) is 49.4 Å². The third-order valence-electron chi connectivity index (χ3n) is 4.43. The lowest BCUT2D eigenvalue weighted by Crippen LogP contribution is -2.51. The van der Waals surface area contributed by atoms with Crippen molar-refractivity contribution in [1.29, 1.82) is 0 Å². The maximum atomic E-state index is 13.3. The molecule has 0 aromatic heterocycles. The first-order chi connectivity index (χ1) is 13.4. The van der Waals surface area contributed by atoms with E-state index < -0.39 is 6.04 Å². The zero-order chi connectivity index (χ0) is 20.5. The highest BCUT2D eigenvalue weighted by atomic mass is 19.1. The lowest BCUT2D eigenvalue weighted by Gasteiger charge is -2.32. The van der Waals surface area contributed by atoms with E-state index in [4.69, 9.17) is 0 Å². The minimum absolute atomic E-state index is 0.0280. The third kappa shape index (κ3) is 6.48. The molecule has 0 aliphatic carbocycles. The van der Waals surface area contributed by atoms with E-state index in [2.05, 4.69) is 5.32 Å². The molecular weight excluding hydrogens is 355 g/mol. The Morgan fingerprint density at radius 3 is 2.21 bits per heavy atom. The van der Waals surface area contributed by atoms with Gasteiger partial charge in [-0.3, -0.25) is 9.59 Å². The predicted molar refractivity (Wildman–Crippen MR) is 109 cm³/mol. The molecule has 0 aliphatic rings. The number of hydrogen-bond donors (Lipinski definition) is 1. The number of benzene rings is 2. The number of nitrogens with one attached hydrogen (secondary N) is 1. The van der Waals surface area contributed by atoms with Gasteiger partial charge in [0.25, 0.3) is 0 Å². The van der Waals surface area contributed by atoms with Crippen molar-refractivity contribution in [3.8, 4) is 0 Å². The Bertz CT molecular complexity index is 760. The monoisotopic (exact) mass is 384 g/mol. The predicted octanol–water partition coefficient (Wildman–Crippen LogP) is 4.09. The van der Waals surface area contributed by atoms with Crippen molar-refractivity contribution in [2.75, 3.05) is 0 Å². The fourth-order valence-corrected chi connectivity index (χ4v) is 3.08. The minimum atomic E-state index is -0.631. The highest BCUT2D eigenvalue weighted by Gasteiger charge is 2.30. The minimum Gasteiger partial charge on any atom is -0.352 e. The molecule has 0 bridgehead atoms. The van der Waals surface area contributed by atoms with E-state index in [1.807, 2.05) is 51.1 Å². The summed E-state index contributed by atoms with van der Waals surface area (Å²) in [6.07, 6.45) is 1.49. The molecule has 2 aromatic rings. The van der Waals surface area contributed by atoms with Gasteiger partial charge >= 0.3 is 0 Å². The smallest absolute Gasteiger partial charge is 0.243 e. The van der Waals surface area contributed by atoms with Crippen molar-refractivity contribution >= 4 is 11.8 Å². The maximum absolute atomic E-state index is 13.3. The van der Waals surface area contributed by atoms with Gasteiger partial charge in [0.1, 0.15) is 11.9 Å². The maximum Gasteiger partial charge on any atom is 0.243 e. The fourth-order valence-electron chi connectivity index (χ4n) is 3.08. The Balaban J connectivity index is 2.35. The van der Waals surface area contributed by atoms with E-state index in [1.54, 1.807) is 17.0 Å². The molecule has 2 amide bonds. The summed E-state index contributed by atoms with van der Waals surface area (Å²) < 4.78 is 13.3. The molecule has 0 heterocycles. The molecule has 2 aromatic carbocycles. The quantitative estimate of drug-likeness (QED) is 0.708. The highest BCUT2D eigenvalue weighted by molar-refractivity contribution is 5.88. The Labute approximate surface area is 166 Å². The van der Waals surface area contributed by atoms with Gasteiger partial charge in [-0.2, -0.15) is 0 Å². The standard InChI is InChI=1S/C23H29FN2O2/c1-4-8-22(27)26(16-19-11-13-20(24)14-12-19)21(23(28)25-17(2)3)15-18-9-6-5-7-10-18/h5-7,9-14,17,21H,4,8,15-16H2,1-3H3,(H,25,28). The normalized spacial score (nSPS) is 11.9. The van der Waals surface area contributed by atoms with E-state index in [0.717, 1.165) is 11.1 Å². The van der Waals surface area contributed by atoms with Crippen LogP contribution in [0.1, 0.15) is 44.7 Å². The van der Waals surface area contributed by atoms with E-state index in [0.29, 0.717) is 19.3 Å². The molecule has 0 saturated heterocycles. The van der Waals surface area contributed by atoms with E-state index in [9.17, 15) is 14.0 Å². The zero-order valence-corrected chi connectivity index (χ0v) is 16.8. The van der Waals surface area contributed by atoms with Crippen molar-refractivity contribution in [2.45, 2.75) is 58.7 Å². The van der Waals surface area contributed by atoms with Crippen LogP contribution in [-0.2, 0) is 22.6 Å². The second kappa shape index (κ2) is 10.6. The summed E-state index contributed by atoms with van der Waals surface area (Å²) in [4.78, 5) is 27.5. The summed E-state index contributed by atoms with van der Waals surface area (Å²) in [7, 11) is 0. The number of rotatable bonds is 9. The van der Waals surface area contributed by atoms with Crippen LogP contribution in [-0.4, -0.2) is 28.8 Å². The van der Waals surface area contributed by atoms with Crippen LogP contribution >= 0.6 is 0 Å². The molecule has 0 saturated carbocycles. The van der Waals surface area contributed by atoms with Crippen molar-refractivity contribution < 1.29 is 14.0 Å². The molecular formula is C23H29FN2O2. The summed E-state index contributed by atoms with van der Waals surface area (Å²) in [5.74, 6) is -0.578. The molecule has 4 nitrogen and oxygen atoms in total. The Morgan fingerprint density at radius 2 is 1.64 bits per heavy atom. The first-order valence-electron chi connectivity index (χ1n) is 9.79. The van der Waals surface area contributed by atoms with Crippen LogP contribution < -0.4 is 5.32 Å². The van der Waals surface area contributed by atoms with Crippen molar-refractivity contribution in [3.63, 3.8) is 0 Å².